The predicted molar refractivity (Wildman–Crippen MR) is 290 cm³/mol. The molecule has 0 bridgehead atoms. The van der Waals surface area contributed by atoms with Gasteiger partial charge in [-0.3, -0.25) is 9.59 Å². The van der Waals surface area contributed by atoms with Crippen LogP contribution in [-0.2, 0) is 57.0 Å². The number of aliphatic hydroxyl groups is 15. The van der Waals surface area contributed by atoms with E-state index in [9.17, 15) is 86.5 Å². The van der Waals surface area contributed by atoms with Crippen molar-refractivity contribution >= 4 is 11.9 Å². The van der Waals surface area contributed by atoms with Crippen LogP contribution in [0.4, 0.5) is 0 Å². The number of carbonyl (C=O) groups excluding carboxylic acids is 1. The molecule has 10 aliphatic rings. The van der Waals surface area contributed by atoms with Gasteiger partial charge in [-0.25, -0.2) is 0 Å². The summed E-state index contributed by atoms with van der Waals surface area (Å²) in [7, 11) is 0. The van der Waals surface area contributed by atoms with Crippen LogP contribution in [0.15, 0.2) is 11.6 Å². The van der Waals surface area contributed by atoms with E-state index < -0.39 is 230 Å². The molecule has 34 atom stereocenters. The van der Waals surface area contributed by atoms with Gasteiger partial charge in [0.05, 0.1) is 55.1 Å². The minimum Gasteiger partial charge on any atom is -0.481 e. The number of carboxylic acids is 1. The number of carbonyl (C=O) groups is 2. The van der Waals surface area contributed by atoms with Crippen LogP contribution in [0.2, 0.25) is 0 Å². The van der Waals surface area contributed by atoms with Gasteiger partial charge in [0.15, 0.2) is 31.3 Å². The quantitative estimate of drug-likeness (QED) is 0.0629. The second-order valence-electron chi connectivity index (χ2n) is 28.6. The lowest BCUT2D eigenvalue weighted by Gasteiger charge is -2.71. The second-order valence-corrected chi connectivity index (χ2v) is 28.6. The molecule has 0 aromatic carbocycles. The van der Waals surface area contributed by atoms with E-state index in [0.29, 0.717) is 51.4 Å². The number of carboxylic acid groups (broad SMARTS) is 1. The predicted octanol–water partition coefficient (Wildman–Crippen LogP) is -3.48. The minimum atomic E-state index is -2.09. The maximum Gasteiger partial charge on any atom is 0.315 e. The van der Waals surface area contributed by atoms with Gasteiger partial charge in [0.25, 0.3) is 0 Å². The molecule has 0 amide bonds. The molecule has 5 saturated heterocycles. The first-order valence-electron chi connectivity index (χ1n) is 30.7. The molecule has 28 nitrogen and oxygen atoms in total. The Hall–Kier alpha value is -2.28. The van der Waals surface area contributed by atoms with E-state index >= 15 is 4.79 Å². The molecule has 498 valence electrons. The lowest BCUT2D eigenvalue weighted by Crippen LogP contribution is -2.69. The van der Waals surface area contributed by atoms with Crippen molar-refractivity contribution in [2.75, 3.05) is 19.8 Å². The molecule has 0 radical (unpaired) electrons. The van der Waals surface area contributed by atoms with Crippen LogP contribution in [0.5, 0.6) is 0 Å². The summed E-state index contributed by atoms with van der Waals surface area (Å²) in [5, 5.41) is 176. The smallest absolute Gasteiger partial charge is 0.315 e. The van der Waals surface area contributed by atoms with Gasteiger partial charge in [-0.15, -0.1) is 0 Å². The van der Waals surface area contributed by atoms with Crippen molar-refractivity contribution in [3.63, 3.8) is 0 Å². The van der Waals surface area contributed by atoms with E-state index in [1.807, 2.05) is 6.92 Å². The number of esters is 1. The highest BCUT2D eigenvalue weighted by Gasteiger charge is 2.72. The minimum absolute atomic E-state index is 0.128. The number of aliphatic carboxylic acids is 1. The van der Waals surface area contributed by atoms with E-state index in [1.54, 1.807) is 0 Å². The number of aliphatic hydroxyl groups excluding tert-OH is 15. The van der Waals surface area contributed by atoms with Gasteiger partial charge < -0.3 is 129 Å². The molecule has 5 heterocycles. The van der Waals surface area contributed by atoms with Crippen LogP contribution in [0.1, 0.15) is 113 Å². The fourth-order valence-corrected chi connectivity index (χ4v) is 17.5. The highest BCUT2D eigenvalue weighted by Crippen LogP contribution is 2.76. The molecule has 5 aliphatic heterocycles. The molecule has 87 heavy (non-hydrogen) atoms. The Morgan fingerprint density at radius 2 is 1.14 bits per heavy atom. The number of ether oxygens (including phenoxy) is 10. The van der Waals surface area contributed by atoms with E-state index in [-0.39, 0.29) is 17.8 Å². The molecule has 4 saturated carbocycles. The highest BCUT2D eigenvalue weighted by molar-refractivity contribution is 5.79. The third-order valence-electron chi connectivity index (χ3n) is 23.1. The lowest BCUT2D eigenvalue weighted by atomic mass is 9.33. The van der Waals surface area contributed by atoms with Gasteiger partial charge >= 0.3 is 11.9 Å². The number of allylic oxidation sites excluding steroid dienone is 2. The Labute approximate surface area is 503 Å². The standard InChI is InChI=1S/C59H94O28/c1-22-32(63)35(66)40(71)49(80-22)85-44-28(19-60)82-47(41(72)38(44)69)79-21-29-34(65)36(67)45(86-50-42(73)37(68)43(23(2)81-50)84-48-39(70)33(64)27(62)20-78-48)51(83-29)87-53(77)59-15-13-54(3,4)17-25(59)24-9-10-30-55(5)18-26(61)46(74)58(8,52(75)76)31(55)11-12-57(30,7)56(24,6)14-16-59/h9,22-23,25-51,60-74H,10-21H2,1-8H3,(H,75,76)/t22-,23-,25?,26-,27+,28+,29+,30+,31?,32-,33-,34+,35+,36-,37-,38+,39+,40+,41+,42+,43-,44+,45+,46-,47+,48-,49-,50-,51-,55+,56+,57+,58-,59-/m0/s1. The first kappa shape index (κ1) is 67.6. The fourth-order valence-electron chi connectivity index (χ4n) is 17.5. The van der Waals surface area contributed by atoms with Gasteiger partial charge in [0.2, 0.25) is 6.29 Å². The summed E-state index contributed by atoms with van der Waals surface area (Å²) < 4.78 is 59.2. The number of hydrogen-bond donors (Lipinski definition) is 16. The Bertz CT molecular complexity index is 2490. The van der Waals surface area contributed by atoms with E-state index in [0.717, 1.165) is 5.57 Å². The summed E-state index contributed by atoms with van der Waals surface area (Å²) in [6.45, 7) is 13.0. The lowest BCUT2D eigenvalue weighted by molar-refractivity contribution is -0.380. The van der Waals surface area contributed by atoms with Crippen molar-refractivity contribution in [1.29, 1.82) is 0 Å². The van der Waals surface area contributed by atoms with E-state index in [1.165, 1.54) is 20.8 Å². The monoisotopic (exact) mass is 1250 g/mol. The van der Waals surface area contributed by atoms with Gasteiger partial charge in [-0.1, -0.05) is 46.3 Å². The average molecular weight is 1250 g/mol. The number of hydrogen-bond acceptors (Lipinski definition) is 27. The van der Waals surface area contributed by atoms with E-state index in [4.69, 9.17) is 47.4 Å². The maximum atomic E-state index is 15.8. The average Bonchev–Trinajstić information content (AvgIpc) is 0.706. The first-order valence-corrected chi connectivity index (χ1v) is 30.7. The maximum absolute atomic E-state index is 15.8. The molecule has 0 spiro atoms. The normalized spacial score (nSPS) is 55.1. The summed E-state index contributed by atoms with van der Waals surface area (Å²) in [5.74, 6) is -2.95. The molecular formula is C59H94O28. The molecule has 5 aliphatic carbocycles. The van der Waals surface area contributed by atoms with Gasteiger partial charge in [-0.2, -0.15) is 0 Å². The molecule has 2 unspecified atom stereocenters. The first-order chi connectivity index (χ1) is 40.6. The molecule has 16 N–H and O–H groups in total. The summed E-state index contributed by atoms with van der Waals surface area (Å²) >= 11 is 0. The zero-order chi connectivity index (χ0) is 63.7. The Kier molecular flexibility index (Phi) is 19.1. The molecular weight excluding hydrogens is 1160 g/mol. The van der Waals surface area contributed by atoms with Crippen molar-refractivity contribution in [1.82, 2.24) is 0 Å². The molecule has 0 aromatic heterocycles. The van der Waals surface area contributed by atoms with Crippen molar-refractivity contribution in [2.45, 2.75) is 273 Å². The van der Waals surface area contributed by atoms with Gasteiger partial charge in [0, 0.05) is 0 Å². The number of fused-ring (bicyclic) bond motifs is 7. The number of rotatable bonds is 13. The summed E-state index contributed by atoms with van der Waals surface area (Å²) in [6.07, 6.45) is -37.8. The van der Waals surface area contributed by atoms with Crippen LogP contribution in [-0.4, -0.2) is 273 Å². The van der Waals surface area contributed by atoms with E-state index in [2.05, 4.69) is 33.8 Å². The topological polar surface area (TPSA) is 450 Å². The zero-order valence-electron chi connectivity index (χ0n) is 50.4. The summed E-state index contributed by atoms with van der Waals surface area (Å²) in [4.78, 5) is 28.9. The van der Waals surface area contributed by atoms with Crippen LogP contribution >= 0.6 is 0 Å². The van der Waals surface area contributed by atoms with Crippen LogP contribution in [0.3, 0.4) is 0 Å². The van der Waals surface area contributed by atoms with Crippen molar-refractivity contribution in [2.24, 2.45) is 50.2 Å². The zero-order valence-corrected chi connectivity index (χ0v) is 50.4. The summed E-state index contributed by atoms with van der Waals surface area (Å²) in [5.41, 5.74) is -3.84. The third-order valence-corrected chi connectivity index (χ3v) is 23.1. The SMILES string of the molecule is C[C@@H]1O[C@@H](O[C@H]2[C@H](O)[C@@H](O)[C@H](OC[C@H]3O[C@@H](OC(=O)[C@]45CCC(C)(C)CC4C4=CC[C@@H]6[C@@]7(C)C[C@H](O)[C@H](O)[C@@](C)(C(=O)O)C7CC[C@@]6(C)[C@]4(C)CC5)[C@H](O[C@@H]4O[C@@H](C)[C@H](O[C@@H]5OC[C@@H](O)[C@H](O)[C@H]5O)[C@@H](O)[C@H]4O)[C@@H](O)[C@@H]3O)O[C@@H]2CO)[C@H](O)[C@H](O)[C@H]1O. The Morgan fingerprint density at radius 3 is 1.80 bits per heavy atom. The Morgan fingerprint density at radius 1 is 0.563 bits per heavy atom. The molecule has 0 aromatic rings. The van der Waals surface area contributed by atoms with Gasteiger partial charge in [0.1, 0.15) is 97.7 Å². The van der Waals surface area contributed by atoms with Crippen molar-refractivity contribution < 1.29 is 139 Å². The third kappa shape index (κ3) is 11.2. The summed E-state index contributed by atoms with van der Waals surface area (Å²) in [6, 6.07) is 0. The molecule has 28 heteroatoms. The fraction of sp³-hybridized carbons (Fsp3) is 0.932. The largest absolute Gasteiger partial charge is 0.481 e. The highest BCUT2D eigenvalue weighted by atomic mass is 16.8. The van der Waals surface area contributed by atoms with Crippen LogP contribution in [0.25, 0.3) is 0 Å². The second kappa shape index (κ2) is 24.6. The van der Waals surface area contributed by atoms with Crippen LogP contribution in [0, 0.1) is 50.2 Å². The Balaban J connectivity index is 0.923. The van der Waals surface area contributed by atoms with Crippen molar-refractivity contribution in [3.8, 4) is 0 Å². The van der Waals surface area contributed by atoms with Crippen molar-refractivity contribution in [3.05, 3.63) is 11.6 Å². The molecule has 10 rings (SSSR count). The molecule has 9 fully saturated rings. The van der Waals surface area contributed by atoms with Crippen LogP contribution < -0.4 is 0 Å². The van der Waals surface area contributed by atoms with Gasteiger partial charge in [-0.05, 0) is 118 Å².